The number of benzene rings is 2. The van der Waals surface area contributed by atoms with Gasteiger partial charge in [0.25, 0.3) is 0 Å². The first-order chi connectivity index (χ1) is 13.6. The van der Waals surface area contributed by atoms with Gasteiger partial charge < -0.3 is 15.8 Å². The molecule has 0 radical (unpaired) electrons. The lowest BCUT2D eigenvalue weighted by Gasteiger charge is -2.27. The lowest BCUT2D eigenvalue weighted by molar-refractivity contribution is -0.145. The second-order valence-electron chi connectivity index (χ2n) is 8.29. The van der Waals surface area contributed by atoms with Gasteiger partial charge in [-0.25, -0.2) is 0 Å². The highest BCUT2D eigenvalue weighted by molar-refractivity contribution is 5.85. The van der Waals surface area contributed by atoms with Gasteiger partial charge in [0.1, 0.15) is 0 Å². The maximum absolute atomic E-state index is 12.7. The van der Waals surface area contributed by atoms with Gasteiger partial charge in [0.05, 0.1) is 18.9 Å². The molecule has 1 amide bonds. The van der Waals surface area contributed by atoms with Crippen LogP contribution in [0.5, 0.6) is 0 Å². The predicted octanol–water partition coefficient (Wildman–Crippen LogP) is 3.08. The van der Waals surface area contributed by atoms with E-state index in [2.05, 4.69) is 29.6 Å². The van der Waals surface area contributed by atoms with Crippen LogP contribution in [0.2, 0.25) is 0 Å². The largest absolute Gasteiger partial charge is 0.469 e. The number of carbonyl (C=O) groups excluding carboxylic acids is 2. The van der Waals surface area contributed by atoms with Crippen molar-refractivity contribution in [3.63, 3.8) is 0 Å². The van der Waals surface area contributed by atoms with Crippen molar-refractivity contribution in [1.82, 2.24) is 5.32 Å². The molecule has 0 heterocycles. The standard InChI is InChI=1S/C23H28N2O3.ClH/c1-28-23(27)19(11-14-6-7-15-4-2-3-5-16(15)10-14)13-25-22(26)20-17-8-9-18(12-17)21(20)24;/h2-7,10,17-21H,8-9,11-13,24H2,1H3,(H,25,26);1H. The summed E-state index contributed by atoms with van der Waals surface area (Å²) in [5.41, 5.74) is 7.34. The zero-order valence-electron chi connectivity index (χ0n) is 16.7. The van der Waals surface area contributed by atoms with Crippen molar-refractivity contribution in [1.29, 1.82) is 0 Å². The first-order valence-electron chi connectivity index (χ1n) is 10.2. The number of rotatable bonds is 6. The zero-order chi connectivity index (χ0) is 19.7. The lowest BCUT2D eigenvalue weighted by Crippen LogP contribution is -2.47. The summed E-state index contributed by atoms with van der Waals surface area (Å²) in [7, 11) is 1.39. The molecule has 5 atom stereocenters. The summed E-state index contributed by atoms with van der Waals surface area (Å²) in [5, 5.41) is 5.30. The quantitative estimate of drug-likeness (QED) is 0.709. The van der Waals surface area contributed by atoms with Crippen LogP contribution in [0.4, 0.5) is 0 Å². The summed E-state index contributed by atoms with van der Waals surface area (Å²) >= 11 is 0. The summed E-state index contributed by atoms with van der Waals surface area (Å²) in [6, 6.07) is 14.3. The van der Waals surface area contributed by atoms with E-state index in [0.29, 0.717) is 18.3 Å². The van der Waals surface area contributed by atoms with E-state index >= 15 is 0 Å². The Kier molecular flexibility index (Phi) is 6.81. The minimum atomic E-state index is -0.412. The van der Waals surface area contributed by atoms with Crippen molar-refractivity contribution in [2.75, 3.05) is 13.7 Å². The molecule has 5 nitrogen and oxygen atoms in total. The summed E-state index contributed by atoms with van der Waals surface area (Å²) < 4.78 is 4.99. The van der Waals surface area contributed by atoms with Gasteiger partial charge in [-0.3, -0.25) is 9.59 Å². The number of esters is 1. The number of fused-ring (bicyclic) bond motifs is 3. The van der Waals surface area contributed by atoms with Gasteiger partial charge >= 0.3 is 5.97 Å². The molecule has 2 saturated carbocycles. The van der Waals surface area contributed by atoms with Crippen LogP contribution in [-0.2, 0) is 20.7 Å². The Bertz CT molecular complexity index is 885. The van der Waals surface area contributed by atoms with Gasteiger partial charge in [-0.2, -0.15) is 0 Å². The van der Waals surface area contributed by atoms with Gasteiger partial charge in [0.15, 0.2) is 0 Å². The maximum Gasteiger partial charge on any atom is 0.310 e. The Balaban J connectivity index is 0.00000240. The molecule has 3 N–H and O–H groups in total. The summed E-state index contributed by atoms with van der Waals surface area (Å²) in [6.07, 6.45) is 3.83. The van der Waals surface area contributed by atoms with E-state index in [-0.39, 0.29) is 42.8 Å². The molecule has 5 unspecified atom stereocenters. The fourth-order valence-corrected chi connectivity index (χ4v) is 5.12. The molecule has 2 fully saturated rings. The number of hydrogen-bond acceptors (Lipinski definition) is 4. The number of methoxy groups -OCH3 is 1. The van der Waals surface area contributed by atoms with Gasteiger partial charge in [0, 0.05) is 12.6 Å². The molecular weight excluding hydrogens is 388 g/mol. The number of carbonyl (C=O) groups is 2. The smallest absolute Gasteiger partial charge is 0.310 e. The van der Waals surface area contributed by atoms with Crippen molar-refractivity contribution < 1.29 is 14.3 Å². The van der Waals surface area contributed by atoms with Gasteiger partial charge in [0.2, 0.25) is 5.91 Å². The van der Waals surface area contributed by atoms with Crippen molar-refractivity contribution in [2.24, 2.45) is 29.4 Å². The molecule has 2 aromatic carbocycles. The average molecular weight is 417 g/mol. The van der Waals surface area contributed by atoms with Crippen molar-refractivity contribution in [2.45, 2.75) is 31.7 Å². The number of amides is 1. The summed E-state index contributed by atoms with van der Waals surface area (Å²) in [4.78, 5) is 25.1. The first kappa shape index (κ1) is 21.6. The van der Waals surface area contributed by atoms with Gasteiger partial charge in [-0.1, -0.05) is 42.5 Å². The van der Waals surface area contributed by atoms with Gasteiger partial charge in [-0.05, 0) is 53.9 Å². The number of ether oxygens (including phenoxy) is 1. The minimum absolute atomic E-state index is 0. The lowest BCUT2D eigenvalue weighted by atomic mass is 9.84. The van der Waals surface area contributed by atoms with Crippen molar-refractivity contribution in [3.8, 4) is 0 Å². The van der Waals surface area contributed by atoms with E-state index in [1.54, 1.807) is 0 Å². The van der Waals surface area contributed by atoms with E-state index in [0.717, 1.165) is 30.2 Å². The van der Waals surface area contributed by atoms with Crippen LogP contribution in [0.25, 0.3) is 10.8 Å². The van der Waals surface area contributed by atoms with Crippen molar-refractivity contribution >= 4 is 35.1 Å². The van der Waals surface area contributed by atoms with E-state index in [1.807, 2.05) is 18.2 Å². The normalized spacial score (nSPS) is 26.0. The van der Waals surface area contributed by atoms with Crippen LogP contribution in [0.3, 0.4) is 0 Å². The van der Waals surface area contributed by atoms with Crippen molar-refractivity contribution in [3.05, 3.63) is 48.0 Å². The monoisotopic (exact) mass is 416 g/mol. The zero-order valence-corrected chi connectivity index (χ0v) is 17.5. The SMILES string of the molecule is COC(=O)C(CNC(=O)C1C2CCC(C2)C1N)Cc1ccc2ccccc2c1.Cl. The Morgan fingerprint density at radius 3 is 2.55 bits per heavy atom. The van der Waals surface area contributed by atoms with E-state index in [4.69, 9.17) is 10.5 Å². The van der Waals surface area contributed by atoms with E-state index in [9.17, 15) is 9.59 Å². The van der Waals surface area contributed by atoms with Crippen LogP contribution in [-0.4, -0.2) is 31.6 Å². The van der Waals surface area contributed by atoms with E-state index in [1.165, 1.54) is 12.5 Å². The first-order valence-corrected chi connectivity index (χ1v) is 10.2. The molecule has 0 saturated heterocycles. The fourth-order valence-electron chi connectivity index (χ4n) is 5.12. The molecule has 0 aliphatic heterocycles. The number of nitrogens with two attached hydrogens (primary N) is 1. The van der Waals surface area contributed by atoms with E-state index < -0.39 is 5.92 Å². The highest BCUT2D eigenvalue weighted by atomic mass is 35.5. The third-order valence-corrected chi connectivity index (χ3v) is 6.64. The fraction of sp³-hybridized carbons (Fsp3) is 0.478. The highest BCUT2D eigenvalue weighted by Crippen LogP contribution is 2.47. The molecule has 29 heavy (non-hydrogen) atoms. The molecule has 2 aliphatic carbocycles. The van der Waals surface area contributed by atoms with Crippen LogP contribution in [0.1, 0.15) is 24.8 Å². The molecular formula is C23H29ClN2O3. The second-order valence-corrected chi connectivity index (χ2v) is 8.29. The van der Waals surface area contributed by atoms with Gasteiger partial charge in [-0.15, -0.1) is 12.4 Å². The maximum atomic E-state index is 12.7. The molecule has 4 rings (SSSR count). The molecule has 2 aliphatic rings. The van der Waals surface area contributed by atoms with Crippen LogP contribution >= 0.6 is 12.4 Å². The Hall–Kier alpha value is -2.11. The Morgan fingerprint density at radius 2 is 1.86 bits per heavy atom. The van der Waals surface area contributed by atoms with Crippen LogP contribution < -0.4 is 11.1 Å². The van der Waals surface area contributed by atoms with Crippen LogP contribution in [0, 0.1) is 23.7 Å². The molecule has 2 aromatic rings. The Labute approximate surface area is 177 Å². The highest BCUT2D eigenvalue weighted by Gasteiger charge is 2.49. The second kappa shape index (κ2) is 9.14. The third-order valence-electron chi connectivity index (χ3n) is 6.64. The molecule has 0 aromatic heterocycles. The third kappa shape index (κ3) is 4.41. The molecule has 156 valence electrons. The van der Waals surface area contributed by atoms with Crippen LogP contribution in [0.15, 0.2) is 42.5 Å². The number of nitrogens with one attached hydrogen (secondary N) is 1. The number of halogens is 1. The topological polar surface area (TPSA) is 81.4 Å². The molecule has 0 spiro atoms. The summed E-state index contributed by atoms with van der Waals surface area (Å²) in [5.74, 6) is 0.0484. The average Bonchev–Trinajstić information content (AvgIpc) is 3.31. The molecule has 2 bridgehead atoms. The predicted molar refractivity (Wildman–Crippen MR) is 116 cm³/mol. The Morgan fingerprint density at radius 1 is 1.14 bits per heavy atom. The molecule has 6 heteroatoms. The minimum Gasteiger partial charge on any atom is -0.469 e. The number of hydrogen-bond donors (Lipinski definition) is 2. The summed E-state index contributed by atoms with van der Waals surface area (Å²) in [6.45, 7) is 0.277.